The maximum Gasteiger partial charge on any atom is 0.449 e. The second kappa shape index (κ2) is 54.7. The Hall–Kier alpha value is -10.1. The van der Waals surface area contributed by atoms with Crippen LogP contribution in [0.1, 0.15) is 162 Å². The molecule has 0 aliphatic rings. The summed E-state index contributed by atoms with van der Waals surface area (Å²) in [4.78, 5) is 51.6. The van der Waals surface area contributed by atoms with Crippen molar-refractivity contribution in [2.45, 2.75) is 177 Å². The monoisotopic (exact) mass is 1720 g/mol. The van der Waals surface area contributed by atoms with E-state index < -0.39 is 17.9 Å². The fraction of sp³-hybridized carbons (Fsp3) is 0.354. The minimum Gasteiger partial charge on any atom is -0.496 e. The third-order valence-electron chi connectivity index (χ3n) is 13.9. The van der Waals surface area contributed by atoms with Crippen molar-refractivity contribution in [3.05, 3.63) is 292 Å². The number of thiophene rings is 4. The van der Waals surface area contributed by atoms with E-state index in [0.717, 1.165) is 102 Å². The van der Waals surface area contributed by atoms with Gasteiger partial charge in [-0.2, -0.15) is 24.5 Å². The largest absolute Gasteiger partial charge is 0.496 e. The van der Waals surface area contributed by atoms with E-state index in [0.29, 0.717) is 28.8 Å². The SMILES string of the molecule is CCc1nc(C)co1.COc1cscc1C.Cc1c[nH]cc1Cl.Cc1cc(C)c(C)o1.Cc1ccc(C(F)(F)F)o1.Cc1ccc([N+](=O)[O-])s1.Cc1ccn(C(C)C)c1.Cc1cn(C)cn1.Cc1cnc(N)[nH]1.Cc1csc(CC(C)C)c1.Cc1nc(C(=O)O)co1.Cc1nc(Cl)c(C)s1.Cc1occc1F.[C-]#[N+]c1cscc1C. The quantitative estimate of drug-likeness (QED) is 0.0499. The van der Waals surface area contributed by atoms with E-state index in [9.17, 15) is 32.5 Å². The number of imidazole rings is 2. The maximum atomic E-state index is 12.0. The second-order valence-corrected chi connectivity index (χ2v) is 31.5. The summed E-state index contributed by atoms with van der Waals surface area (Å²) in [5.41, 5.74) is 16.4. The number of aromatic amines is 2. The highest BCUT2D eigenvalue weighted by Gasteiger charge is 2.34. The van der Waals surface area contributed by atoms with Crippen molar-refractivity contribution >= 4 is 102 Å². The Morgan fingerprint density at radius 1 is 0.757 bits per heavy atom. The summed E-state index contributed by atoms with van der Waals surface area (Å²) < 4.78 is 80.0. The van der Waals surface area contributed by atoms with Gasteiger partial charge >= 0.3 is 17.1 Å². The highest BCUT2D eigenvalue weighted by molar-refractivity contribution is 7.15. The Kier molecular flexibility index (Phi) is 48.9. The van der Waals surface area contributed by atoms with Crippen molar-refractivity contribution in [3.63, 3.8) is 0 Å². The number of carboxylic acid groups (broad SMARTS) is 1. The topological polar surface area (TPSA) is 292 Å². The lowest BCUT2D eigenvalue weighted by atomic mass is 10.1. The van der Waals surface area contributed by atoms with E-state index in [1.807, 2.05) is 148 Å². The summed E-state index contributed by atoms with van der Waals surface area (Å²) in [6.07, 6.45) is 15.2. The van der Waals surface area contributed by atoms with Crippen molar-refractivity contribution in [1.82, 2.24) is 44.0 Å². The zero-order valence-corrected chi connectivity index (χ0v) is 75.0. The molecule has 0 amide bonds. The number of alkyl halides is 3. The summed E-state index contributed by atoms with van der Waals surface area (Å²) in [6.45, 7) is 49.9. The molecule has 115 heavy (non-hydrogen) atoms. The van der Waals surface area contributed by atoms with Crippen LogP contribution in [0.15, 0.2) is 160 Å². The molecule has 0 bridgehead atoms. The number of nitrogens with one attached hydrogen (secondary N) is 2. The number of thiazole rings is 1. The van der Waals surface area contributed by atoms with Crippen molar-refractivity contribution in [2.75, 3.05) is 12.8 Å². The third-order valence-corrected chi connectivity index (χ3v) is 19.4. The molecule has 14 aromatic heterocycles. The first-order valence-electron chi connectivity index (χ1n) is 35.3. The molecule has 33 heteroatoms. The standard InChI is InChI=1S/C9H14S.C8H13N.C7H10O.C6H5F3O.C6H9NO.C6H5NS.C6H8OS.C5H6ClNS.C5H6ClN.C5H5FO.C5H8N2.C5H5NO3.C5H5NO2S.C4H7N3/c1-7(2)4-9-5-8(3)6-10-9;1-7(2)9-5-4-8(3)6-9;1-5-4-6(2)8-7(5)3;1-4-2-3-5(10-4)6(7,8)9;1-3-6-7-5(2)4-8-6;2*1-5-3-8-4-6(5)7-2;1-3-5(6)7-4(2)8-3;1-4-2-7-3-5(4)6;1-4-5(6)2-3-7-4;1-5-3-7(2)4-6-5;1-3-6-4(2-9-3)5(7)8;1-4-2-3-5(9-4)6(7)8;1-3-2-6-4(5)7-3/h5-7H,4H2,1-3H3;4-7H,1-3H3;4H,1-3H3;2-3H,1H3;4H,3H2,1-2H3;3-4H,1H3;3-4H,1-2H3;1-2H3;2-3,7H,1H3;2-3H,1H3;3-4H,1-2H3;2H,1H3,(H,7,8);2-3H,1H3;2H,1H3,(H3,5,6,7). The van der Waals surface area contributed by atoms with Gasteiger partial charge in [0, 0.05) is 107 Å². The molecule has 0 radical (unpaired) electrons. The van der Waals surface area contributed by atoms with Gasteiger partial charge in [-0.3, -0.25) is 10.1 Å². The molecule has 14 aromatic rings. The molecule has 0 fully saturated rings. The number of halogens is 6. The lowest BCUT2D eigenvalue weighted by Crippen LogP contribution is -2.01. The number of anilines is 1. The summed E-state index contributed by atoms with van der Waals surface area (Å²) in [5, 5.41) is 31.1. The van der Waals surface area contributed by atoms with Crippen LogP contribution >= 0.6 is 79.9 Å². The first-order chi connectivity index (χ1) is 53.9. The number of carbonyl (C=O) groups is 1. The van der Waals surface area contributed by atoms with Crippen molar-refractivity contribution in [1.29, 1.82) is 0 Å². The van der Waals surface area contributed by atoms with Crippen molar-refractivity contribution in [3.8, 4) is 5.75 Å². The summed E-state index contributed by atoms with van der Waals surface area (Å²) >= 11 is 19.2. The first kappa shape index (κ1) is 103. The summed E-state index contributed by atoms with van der Waals surface area (Å²) in [7, 11) is 3.65. The molecule has 14 heterocycles. The maximum absolute atomic E-state index is 12.0. The number of furan rings is 3. The number of oxazole rings is 2. The number of aromatic nitrogens is 9. The molecule has 626 valence electrons. The number of aryl methyl sites for hydroxylation is 19. The van der Waals surface area contributed by atoms with Gasteiger partial charge in [-0.15, -0.1) is 34.0 Å². The third kappa shape index (κ3) is 45.6. The van der Waals surface area contributed by atoms with E-state index in [1.54, 1.807) is 86.0 Å². The van der Waals surface area contributed by atoms with Crippen molar-refractivity contribution in [2.24, 2.45) is 13.0 Å². The van der Waals surface area contributed by atoms with Crippen LogP contribution in [0.25, 0.3) is 4.85 Å². The molecular weight excluding hydrogens is 1620 g/mol. The average molecular weight is 1730 g/mol. The van der Waals surface area contributed by atoms with Gasteiger partial charge in [0.1, 0.15) is 46.5 Å². The highest BCUT2D eigenvalue weighted by atomic mass is 35.5. The lowest BCUT2D eigenvalue weighted by Gasteiger charge is -2.04. The fourth-order valence-corrected chi connectivity index (χ4v) is 12.5. The molecule has 0 saturated heterocycles. The predicted octanol–water partition coefficient (Wildman–Crippen LogP) is 26.5. The Morgan fingerprint density at radius 3 is 1.63 bits per heavy atom. The van der Waals surface area contributed by atoms with Gasteiger partial charge in [0.25, 0.3) is 0 Å². The predicted molar refractivity (Wildman–Crippen MR) is 460 cm³/mol. The zero-order valence-electron chi connectivity index (χ0n) is 69.4. The number of nitrogens with two attached hydrogens (primary N) is 1. The number of aromatic carboxylic acids is 1. The van der Waals surface area contributed by atoms with E-state index in [-0.39, 0.29) is 27.2 Å². The number of ether oxygens (including phenoxy) is 1. The summed E-state index contributed by atoms with van der Waals surface area (Å²) in [6, 6.07) is 13.8. The Balaban J connectivity index is 0.000000620. The lowest BCUT2D eigenvalue weighted by molar-refractivity contribution is -0.380. The number of rotatable bonds is 7. The number of hydrogen-bond acceptors (Lipinski definition) is 20. The normalized spacial score (nSPS) is 9.87. The molecule has 5 N–H and O–H groups in total. The van der Waals surface area contributed by atoms with Gasteiger partial charge in [-0.05, 0) is 223 Å². The minimum absolute atomic E-state index is 0.0486. The average Bonchev–Trinajstić information content (AvgIpc) is 1.73. The number of carboxylic acids is 1. The van der Waals surface area contributed by atoms with E-state index in [4.69, 9.17) is 54.2 Å². The molecule has 0 unspecified atom stereocenters. The number of hydrogen-bond donors (Lipinski definition) is 4. The van der Waals surface area contributed by atoms with Crippen molar-refractivity contribution < 1.29 is 59.2 Å². The van der Waals surface area contributed by atoms with Gasteiger partial charge in [0.15, 0.2) is 29.2 Å². The van der Waals surface area contributed by atoms with Crippen LogP contribution < -0.4 is 10.5 Å². The van der Waals surface area contributed by atoms with E-state index in [2.05, 4.69) is 134 Å². The molecular formula is C82H106Cl2F4N12O10S5. The molecule has 14 rings (SSSR count). The number of nitrogen functional groups attached to an aromatic ring is 1. The molecule has 0 aromatic carbocycles. The van der Waals surface area contributed by atoms with Gasteiger partial charge < -0.3 is 56.8 Å². The molecule has 0 aliphatic heterocycles. The Morgan fingerprint density at radius 2 is 1.43 bits per heavy atom. The van der Waals surface area contributed by atoms with Gasteiger partial charge in [0.05, 0.1) is 52.6 Å². The zero-order chi connectivity index (χ0) is 87.2. The number of methoxy groups -OCH3 is 1. The second-order valence-electron chi connectivity index (χ2n) is 25.6. The number of nitro groups is 1. The van der Waals surface area contributed by atoms with Gasteiger partial charge in [-0.1, -0.05) is 55.3 Å². The van der Waals surface area contributed by atoms with Crippen LogP contribution in [-0.2, 0) is 26.1 Å². The van der Waals surface area contributed by atoms with Crippen LogP contribution in [0, 0.1) is 146 Å². The minimum atomic E-state index is -4.35. The molecule has 22 nitrogen and oxygen atoms in total. The van der Waals surface area contributed by atoms with Crippen LogP contribution in [-0.4, -0.2) is 67.1 Å². The number of nitrogens with zero attached hydrogens (tertiary/aromatic N) is 9. The molecule has 0 spiro atoms. The summed E-state index contributed by atoms with van der Waals surface area (Å²) in [5.74, 6) is 3.83. The van der Waals surface area contributed by atoms with Crippen LogP contribution in [0.3, 0.4) is 0 Å². The molecule has 0 aliphatic carbocycles. The van der Waals surface area contributed by atoms with E-state index >= 15 is 0 Å². The van der Waals surface area contributed by atoms with Gasteiger partial charge in [-0.25, -0.2) is 38.9 Å². The Bertz CT molecular complexity index is 4730. The molecule has 0 saturated carbocycles. The fourth-order valence-electron chi connectivity index (χ4n) is 8.04. The first-order valence-corrected chi connectivity index (χ1v) is 40.4. The highest BCUT2D eigenvalue weighted by Crippen LogP contribution is 2.31. The van der Waals surface area contributed by atoms with Crippen LogP contribution in [0.5, 0.6) is 5.75 Å². The van der Waals surface area contributed by atoms with Crippen LogP contribution in [0.4, 0.5) is 34.2 Å². The van der Waals surface area contributed by atoms with Gasteiger partial charge in [0.2, 0.25) is 11.4 Å². The van der Waals surface area contributed by atoms with E-state index in [1.165, 1.54) is 76.3 Å². The molecule has 0 atom stereocenters. The number of H-pyrrole nitrogens is 2. The Labute approximate surface area is 701 Å². The van der Waals surface area contributed by atoms with Crippen LogP contribution in [0.2, 0.25) is 10.2 Å². The smallest absolute Gasteiger partial charge is 0.449 e.